The first-order chi connectivity index (χ1) is 9.38. The van der Waals surface area contributed by atoms with Gasteiger partial charge in [-0.05, 0) is 24.3 Å². The van der Waals surface area contributed by atoms with Crippen molar-refractivity contribution in [3.8, 4) is 0 Å². The van der Waals surface area contributed by atoms with E-state index in [9.17, 15) is 13.6 Å². The standard InChI is InChI=1S/C12H8BrF2N3O2/c13-5-3-6(14)10(7(15)4-5)18-11-8(16)1-2-9(17-11)12(19)20/h1-4H,16H2,(H,17,18)(H,19,20). The lowest BCUT2D eigenvalue weighted by Crippen LogP contribution is -2.07. The molecule has 0 aliphatic heterocycles. The van der Waals surface area contributed by atoms with Gasteiger partial charge >= 0.3 is 5.97 Å². The van der Waals surface area contributed by atoms with Gasteiger partial charge in [0, 0.05) is 4.47 Å². The van der Waals surface area contributed by atoms with Gasteiger partial charge in [-0.15, -0.1) is 0 Å². The Morgan fingerprint density at radius 1 is 1.30 bits per heavy atom. The van der Waals surface area contributed by atoms with Gasteiger partial charge in [-0.2, -0.15) is 0 Å². The van der Waals surface area contributed by atoms with Crippen LogP contribution < -0.4 is 11.1 Å². The molecule has 20 heavy (non-hydrogen) atoms. The number of nitrogen functional groups attached to an aromatic ring is 1. The third kappa shape index (κ3) is 2.85. The minimum Gasteiger partial charge on any atom is -0.477 e. The van der Waals surface area contributed by atoms with Gasteiger partial charge in [0.15, 0.2) is 23.1 Å². The number of halogens is 3. The molecule has 5 nitrogen and oxygen atoms in total. The summed E-state index contributed by atoms with van der Waals surface area (Å²) in [6.07, 6.45) is 0. The first-order valence-electron chi connectivity index (χ1n) is 5.30. The number of aromatic carboxylic acids is 1. The Balaban J connectivity index is 2.45. The van der Waals surface area contributed by atoms with Crippen molar-refractivity contribution in [2.24, 2.45) is 0 Å². The molecule has 0 unspecified atom stereocenters. The molecule has 0 radical (unpaired) electrons. The molecule has 104 valence electrons. The second-order valence-corrected chi connectivity index (χ2v) is 4.72. The highest BCUT2D eigenvalue weighted by atomic mass is 79.9. The van der Waals surface area contributed by atoms with E-state index in [2.05, 4.69) is 26.2 Å². The van der Waals surface area contributed by atoms with Crippen LogP contribution in [0, 0.1) is 11.6 Å². The average Bonchev–Trinajstić information content (AvgIpc) is 2.35. The fourth-order valence-electron chi connectivity index (χ4n) is 1.47. The normalized spacial score (nSPS) is 10.3. The number of carboxylic acids is 1. The van der Waals surface area contributed by atoms with Crippen LogP contribution in [-0.4, -0.2) is 16.1 Å². The number of aromatic nitrogens is 1. The van der Waals surface area contributed by atoms with Crippen molar-refractivity contribution in [2.75, 3.05) is 11.1 Å². The third-order valence-electron chi connectivity index (χ3n) is 2.40. The number of pyridine rings is 1. The summed E-state index contributed by atoms with van der Waals surface area (Å²) >= 11 is 2.95. The second kappa shape index (κ2) is 5.41. The number of nitrogens with two attached hydrogens (primary N) is 1. The van der Waals surface area contributed by atoms with Crippen molar-refractivity contribution < 1.29 is 18.7 Å². The molecule has 1 heterocycles. The van der Waals surface area contributed by atoms with Crippen LogP contribution in [0.1, 0.15) is 10.5 Å². The summed E-state index contributed by atoms with van der Waals surface area (Å²) in [7, 11) is 0. The van der Waals surface area contributed by atoms with Crippen LogP contribution >= 0.6 is 15.9 Å². The van der Waals surface area contributed by atoms with E-state index in [-0.39, 0.29) is 21.7 Å². The van der Waals surface area contributed by atoms with Gasteiger partial charge in [-0.3, -0.25) is 0 Å². The summed E-state index contributed by atoms with van der Waals surface area (Å²) in [4.78, 5) is 14.5. The van der Waals surface area contributed by atoms with Gasteiger partial charge in [0.05, 0.1) is 5.69 Å². The topological polar surface area (TPSA) is 88.2 Å². The van der Waals surface area contributed by atoms with Crippen LogP contribution in [0.3, 0.4) is 0 Å². The predicted octanol–water partition coefficient (Wildman–Crippen LogP) is 3.15. The Bertz CT molecular complexity index is 671. The number of anilines is 3. The van der Waals surface area contributed by atoms with Crippen molar-refractivity contribution in [1.29, 1.82) is 0 Å². The molecule has 4 N–H and O–H groups in total. The number of carbonyl (C=O) groups is 1. The quantitative estimate of drug-likeness (QED) is 0.796. The van der Waals surface area contributed by atoms with Crippen LogP contribution in [0.25, 0.3) is 0 Å². The Kier molecular flexibility index (Phi) is 3.84. The maximum Gasteiger partial charge on any atom is 0.354 e. The van der Waals surface area contributed by atoms with Crippen LogP contribution in [-0.2, 0) is 0 Å². The highest BCUT2D eigenvalue weighted by molar-refractivity contribution is 9.10. The lowest BCUT2D eigenvalue weighted by Gasteiger charge is -2.11. The van der Waals surface area contributed by atoms with Crippen molar-refractivity contribution in [3.63, 3.8) is 0 Å². The number of hydrogen-bond donors (Lipinski definition) is 3. The smallest absolute Gasteiger partial charge is 0.354 e. The van der Waals surface area contributed by atoms with E-state index in [4.69, 9.17) is 10.8 Å². The molecular weight excluding hydrogens is 336 g/mol. The molecule has 0 aliphatic carbocycles. The predicted molar refractivity (Wildman–Crippen MR) is 72.9 cm³/mol. The van der Waals surface area contributed by atoms with Crippen molar-refractivity contribution in [3.05, 3.63) is 46.1 Å². The fraction of sp³-hybridized carbons (Fsp3) is 0. The van der Waals surface area contributed by atoms with Crippen LogP contribution in [0.5, 0.6) is 0 Å². The summed E-state index contributed by atoms with van der Waals surface area (Å²) < 4.78 is 27.6. The monoisotopic (exact) mass is 343 g/mol. The van der Waals surface area contributed by atoms with Crippen molar-refractivity contribution in [2.45, 2.75) is 0 Å². The van der Waals surface area contributed by atoms with E-state index in [1.54, 1.807) is 0 Å². The molecule has 0 amide bonds. The van der Waals surface area contributed by atoms with E-state index in [0.29, 0.717) is 0 Å². The van der Waals surface area contributed by atoms with Gasteiger partial charge in [0.1, 0.15) is 5.69 Å². The van der Waals surface area contributed by atoms with Gasteiger partial charge < -0.3 is 16.2 Å². The second-order valence-electron chi connectivity index (χ2n) is 3.81. The first-order valence-corrected chi connectivity index (χ1v) is 6.09. The molecule has 2 rings (SSSR count). The number of hydrogen-bond acceptors (Lipinski definition) is 4. The highest BCUT2D eigenvalue weighted by Gasteiger charge is 2.14. The molecule has 0 saturated heterocycles. The zero-order valence-corrected chi connectivity index (χ0v) is 11.4. The zero-order chi connectivity index (χ0) is 14.9. The molecule has 0 saturated carbocycles. The van der Waals surface area contributed by atoms with E-state index in [0.717, 1.165) is 12.1 Å². The van der Waals surface area contributed by atoms with Crippen molar-refractivity contribution in [1.82, 2.24) is 4.98 Å². The minimum absolute atomic E-state index is 0.0664. The lowest BCUT2D eigenvalue weighted by molar-refractivity contribution is 0.0690. The van der Waals surface area contributed by atoms with E-state index >= 15 is 0 Å². The molecule has 0 spiro atoms. The van der Waals surface area contributed by atoms with Crippen LogP contribution in [0.15, 0.2) is 28.7 Å². The number of benzene rings is 1. The molecular formula is C12H8BrF2N3O2. The van der Waals surface area contributed by atoms with Gasteiger partial charge in [-0.25, -0.2) is 18.6 Å². The van der Waals surface area contributed by atoms with Gasteiger partial charge in [-0.1, -0.05) is 15.9 Å². The molecule has 0 fully saturated rings. The number of carboxylic acid groups (broad SMARTS) is 1. The maximum atomic E-state index is 13.7. The molecule has 2 aromatic rings. The van der Waals surface area contributed by atoms with E-state index < -0.39 is 23.3 Å². The molecule has 0 aliphatic rings. The Morgan fingerprint density at radius 2 is 1.90 bits per heavy atom. The molecule has 1 aromatic heterocycles. The van der Waals surface area contributed by atoms with E-state index in [1.807, 2.05) is 0 Å². The molecule has 0 atom stereocenters. The lowest BCUT2D eigenvalue weighted by atomic mass is 10.2. The van der Waals surface area contributed by atoms with E-state index in [1.165, 1.54) is 12.1 Å². The van der Waals surface area contributed by atoms with Crippen molar-refractivity contribution >= 4 is 39.1 Å². The van der Waals surface area contributed by atoms with Gasteiger partial charge in [0.25, 0.3) is 0 Å². The molecule has 1 aromatic carbocycles. The summed E-state index contributed by atoms with van der Waals surface area (Å²) in [6.45, 7) is 0. The zero-order valence-electron chi connectivity index (χ0n) is 9.82. The third-order valence-corrected chi connectivity index (χ3v) is 2.85. The summed E-state index contributed by atoms with van der Waals surface area (Å²) in [5, 5.41) is 11.2. The Hall–Kier alpha value is -2.22. The number of rotatable bonds is 3. The SMILES string of the molecule is Nc1ccc(C(=O)O)nc1Nc1c(F)cc(Br)cc1F. The average molecular weight is 344 g/mol. The molecule has 0 bridgehead atoms. The minimum atomic E-state index is -1.27. The fourth-order valence-corrected chi connectivity index (χ4v) is 1.87. The maximum absolute atomic E-state index is 13.7. The largest absolute Gasteiger partial charge is 0.477 e. The van der Waals surface area contributed by atoms with Crippen LogP contribution in [0.2, 0.25) is 0 Å². The van der Waals surface area contributed by atoms with Gasteiger partial charge in [0.2, 0.25) is 0 Å². The summed E-state index contributed by atoms with van der Waals surface area (Å²) in [5.41, 5.74) is 4.91. The Labute approximate surface area is 120 Å². The number of nitrogens with one attached hydrogen (secondary N) is 1. The van der Waals surface area contributed by atoms with Crippen LogP contribution in [0.4, 0.5) is 26.0 Å². The summed E-state index contributed by atoms with van der Waals surface area (Å²) in [6, 6.07) is 4.59. The first kappa shape index (κ1) is 14.2. The number of nitrogens with zero attached hydrogens (tertiary/aromatic N) is 1. The molecule has 8 heteroatoms. The highest BCUT2D eigenvalue weighted by Crippen LogP contribution is 2.28. The summed E-state index contributed by atoms with van der Waals surface area (Å²) in [5.74, 6) is -3.13. The Morgan fingerprint density at radius 3 is 2.45 bits per heavy atom.